The van der Waals surface area contributed by atoms with Crippen LogP contribution in [0.4, 0.5) is 5.69 Å². The highest BCUT2D eigenvalue weighted by Crippen LogP contribution is 2.11. The maximum Gasteiger partial charge on any atom is 0.248 e. The number of hydrogen-bond acceptors (Lipinski definition) is 3. The van der Waals surface area contributed by atoms with Gasteiger partial charge in [-0.05, 0) is 25.1 Å². The summed E-state index contributed by atoms with van der Waals surface area (Å²) in [6, 6.07) is 6.35. The van der Waals surface area contributed by atoms with Crippen LogP contribution in [0, 0.1) is 0 Å². The highest BCUT2D eigenvalue weighted by molar-refractivity contribution is 5.94. The first-order valence-corrected chi connectivity index (χ1v) is 4.92. The second-order valence-electron chi connectivity index (χ2n) is 3.43. The first-order chi connectivity index (χ1) is 7.54. The van der Waals surface area contributed by atoms with E-state index in [0.29, 0.717) is 11.3 Å². The molecule has 0 fully saturated rings. The van der Waals surface area contributed by atoms with E-state index >= 15 is 0 Å². The molecule has 0 aliphatic heterocycles. The molecule has 0 heterocycles. The van der Waals surface area contributed by atoms with E-state index in [1.807, 2.05) is 0 Å². The maximum absolute atomic E-state index is 11.3. The molecule has 2 amide bonds. The molecule has 1 aromatic rings. The average Bonchev–Trinajstić information content (AvgIpc) is 2.28. The van der Waals surface area contributed by atoms with Crippen molar-refractivity contribution in [3.8, 4) is 0 Å². The van der Waals surface area contributed by atoms with Crippen molar-refractivity contribution < 1.29 is 9.59 Å². The monoisotopic (exact) mass is 221 g/mol. The smallest absolute Gasteiger partial charge is 0.248 e. The van der Waals surface area contributed by atoms with Gasteiger partial charge in [-0.3, -0.25) is 9.59 Å². The molecule has 1 unspecified atom stereocenters. The molecule has 0 radical (unpaired) electrons. The molecule has 0 aliphatic rings. The second-order valence-corrected chi connectivity index (χ2v) is 3.43. The Hall–Kier alpha value is -2.04. The Kier molecular flexibility index (Phi) is 3.88. The normalized spacial score (nSPS) is 11.6. The molecule has 0 bridgehead atoms. The Morgan fingerprint density at radius 1 is 1.38 bits per heavy atom. The lowest BCUT2D eigenvalue weighted by Gasteiger charge is -2.13. The van der Waals surface area contributed by atoms with Crippen LogP contribution in [0.3, 0.4) is 0 Å². The minimum absolute atomic E-state index is 0.121. The van der Waals surface area contributed by atoms with Crippen molar-refractivity contribution in [1.29, 1.82) is 0 Å². The van der Waals surface area contributed by atoms with Gasteiger partial charge in [0.1, 0.15) is 6.04 Å². The zero-order valence-electron chi connectivity index (χ0n) is 9.28. The van der Waals surface area contributed by atoms with E-state index in [1.54, 1.807) is 38.2 Å². The average molecular weight is 221 g/mol. The number of carbonyl (C=O) groups is 2. The summed E-state index contributed by atoms with van der Waals surface area (Å²) < 4.78 is 0. The molecule has 4 N–H and O–H groups in total. The van der Waals surface area contributed by atoms with Crippen LogP contribution >= 0.6 is 0 Å². The Bertz CT molecular complexity index is 404. The molecule has 0 aromatic heterocycles. The van der Waals surface area contributed by atoms with Gasteiger partial charge >= 0.3 is 0 Å². The van der Waals surface area contributed by atoms with Crippen LogP contribution < -0.4 is 16.4 Å². The minimum Gasteiger partial charge on any atom is -0.374 e. The lowest BCUT2D eigenvalue weighted by Crippen LogP contribution is -2.35. The third-order valence-electron chi connectivity index (χ3n) is 2.17. The topological polar surface area (TPSA) is 84.2 Å². The summed E-state index contributed by atoms with van der Waals surface area (Å²) >= 11 is 0. The van der Waals surface area contributed by atoms with Crippen molar-refractivity contribution in [2.75, 3.05) is 12.4 Å². The molecule has 0 saturated carbocycles. The molecule has 86 valence electrons. The maximum atomic E-state index is 11.3. The van der Waals surface area contributed by atoms with Crippen LogP contribution in [-0.2, 0) is 4.79 Å². The summed E-state index contributed by atoms with van der Waals surface area (Å²) in [5, 5.41) is 5.50. The highest BCUT2D eigenvalue weighted by Gasteiger charge is 2.10. The van der Waals surface area contributed by atoms with Crippen LogP contribution in [0.1, 0.15) is 17.3 Å². The van der Waals surface area contributed by atoms with Gasteiger partial charge in [-0.1, -0.05) is 6.07 Å². The van der Waals surface area contributed by atoms with Crippen molar-refractivity contribution in [1.82, 2.24) is 5.32 Å². The molecule has 1 rings (SSSR count). The molecule has 16 heavy (non-hydrogen) atoms. The lowest BCUT2D eigenvalue weighted by molar-refractivity contribution is -0.121. The van der Waals surface area contributed by atoms with Gasteiger partial charge in [0.2, 0.25) is 11.8 Å². The second kappa shape index (κ2) is 5.16. The van der Waals surface area contributed by atoms with E-state index in [2.05, 4.69) is 10.6 Å². The van der Waals surface area contributed by atoms with E-state index in [4.69, 9.17) is 5.73 Å². The Morgan fingerprint density at radius 3 is 2.62 bits per heavy atom. The van der Waals surface area contributed by atoms with Gasteiger partial charge < -0.3 is 16.4 Å². The summed E-state index contributed by atoms with van der Waals surface area (Å²) in [7, 11) is 1.57. The third kappa shape index (κ3) is 2.98. The lowest BCUT2D eigenvalue weighted by atomic mass is 10.2. The van der Waals surface area contributed by atoms with Crippen molar-refractivity contribution in [3.63, 3.8) is 0 Å². The predicted molar refractivity (Wildman–Crippen MR) is 62.1 cm³/mol. The van der Waals surface area contributed by atoms with E-state index in [0.717, 1.165) is 0 Å². The number of amides is 2. The fraction of sp³-hybridized carbons (Fsp3) is 0.273. The van der Waals surface area contributed by atoms with Gasteiger partial charge in [0.25, 0.3) is 0 Å². The van der Waals surface area contributed by atoms with Gasteiger partial charge in [-0.15, -0.1) is 0 Å². The zero-order chi connectivity index (χ0) is 12.1. The number of nitrogens with two attached hydrogens (primary N) is 1. The number of rotatable bonds is 4. The Balaban J connectivity index is 2.78. The highest BCUT2D eigenvalue weighted by atomic mass is 16.2. The Morgan fingerprint density at radius 2 is 2.06 bits per heavy atom. The van der Waals surface area contributed by atoms with E-state index in [-0.39, 0.29) is 11.9 Å². The molecule has 5 heteroatoms. The van der Waals surface area contributed by atoms with Gasteiger partial charge in [0.15, 0.2) is 0 Å². The summed E-state index contributed by atoms with van der Waals surface area (Å²) in [4.78, 5) is 22.2. The van der Waals surface area contributed by atoms with Crippen molar-refractivity contribution in [2.45, 2.75) is 13.0 Å². The predicted octanol–water partition coefficient (Wildman–Crippen LogP) is 0.332. The number of anilines is 1. The SMILES string of the molecule is CNC(=O)C(C)Nc1cccc(C(N)=O)c1. The standard InChI is InChI=1S/C11H15N3O2/c1-7(11(16)13-2)14-9-5-3-4-8(6-9)10(12)15/h3-7,14H,1-2H3,(H2,12,15)(H,13,16). The van der Waals surface area contributed by atoms with Crippen LogP contribution in [0.5, 0.6) is 0 Å². The molecular weight excluding hydrogens is 206 g/mol. The zero-order valence-corrected chi connectivity index (χ0v) is 9.28. The van der Waals surface area contributed by atoms with Gasteiger partial charge in [0.05, 0.1) is 0 Å². The number of nitrogens with one attached hydrogen (secondary N) is 2. The van der Waals surface area contributed by atoms with Crippen molar-refractivity contribution >= 4 is 17.5 Å². The minimum atomic E-state index is -0.490. The quantitative estimate of drug-likeness (QED) is 0.685. The summed E-state index contributed by atoms with van der Waals surface area (Å²) in [6.07, 6.45) is 0. The largest absolute Gasteiger partial charge is 0.374 e. The number of primary amides is 1. The fourth-order valence-corrected chi connectivity index (χ4v) is 1.29. The van der Waals surface area contributed by atoms with Crippen LogP contribution in [0.2, 0.25) is 0 Å². The molecule has 0 spiro atoms. The first-order valence-electron chi connectivity index (χ1n) is 4.92. The molecule has 0 saturated heterocycles. The van der Waals surface area contributed by atoms with E-state index in [9.17, 15) is 9.59 Å². The van der Waals surface area contributed by atoms with E-state index in [1.165, 1.54) is 0 Å². The molecule has 0 aliphatic carbocycles. The molecule has 1 aromatic carbocycles. The van der Waals surface area contributed by atoms with Crippen LogP contribution in [0.15, 0.2) is 24.3 Å². The van der Waals surface area contributed by atoms with Crippen molar-refractivity contribution in [3.05, 3.63) is 29.8 Å². The summed E-state index contributed by atoms with van der Waals surface area (Å²) in [6.45, 7) is 1.73. The van der Waals surface area contributed by atoms with Crippen molar-refractivity contribution in [2.24, 2.45) is 5.73 Å². The first kappa shape index (κ1) is 12.0. The molecule has 1 atom stereocenters. The number of benzene rings is 1. The van der Waals surface area contributed by atoms with Gasteiger partial charge in [0, 0.05) is 18.3 Å². The number of likely N-dealkylation sites (N-methyl/N-ethyl adjacent to an activating group) is 1. The fourth-order valence-electron chi connectivity index (χ4n) is 1.29. The van der Waals surface area contributed by atoms with Crippen LogP contribution in [-0.4, -0.2) is 24.9 Å². The van der Waals surface area contributed by atoms with Gasteiger partial charge in [-0.2, -0.15) is 0 Å². The Labute approximate surface area is 94.0 Å². The number of carbonyl (C=O) groups excluding carboxylic acids is 2. The molecular formula is C11H15N3O2. The molecule has 5 nitrogen and oxygen atoms in total. The van der Waals surface area contributed by atoms with Crippen LogP contribution in [0.25, 0.3) is 0 Å². The van der Waals surface area contributed by atoms with E-state index < -0.39 is 5.91 Å². The third-order valence-corrected chi connectivity index (χ3v) is 2.17. The summed E-state index contributed by atoms with van der Waals surface area (Å²) in [5.41, 5.74) is 6.25. The van der Waals surface area contributed by atoms with Gasteiger partial charge in [-0.25, -0.2) is 0 Å². The summed E-state index contributed by atoms with van der Waals surface area (Å²) in [5.74, 6) is -0.610. The number of hydrogen-bond donors (Lipinski definition) is 3.